The van der Waals surface area contributed by atoms with Crippen LogP contribution in [0.3, 0.4) is 0 Å². The van der Waals surface area contributed by atoms with Gasteiger partial charge in [-0.05, 0) is 24.6 Å². The second-order valence-corrected chi connectivity index (χ2v) is 3.94. The summed E-state index contributed by atoms with van der Waals surface area (Å²) in [5.41, 5.74) is 6.71. The highest BCUT2D eigenvalue weighted by Crippen LogP contribution is 2.30. The van der Waals surface area contributed by atoms with Gasteiger partial charge in [0.05, 0.1) is 5.57 Å². The molecule has 0 aromatic heterocycles. The maximum atomic E-state index is 12.9. The number of nitrogens with zero attached hydrogens (tertiary/aromatic N) is 1. The topological polar surface area (TPSA) is 87.7 Å². The van der Waals surface area contributed by atoms with E-state index in [2.05, 4.69) is 10.3 Å². The Hall–Kier alpha value is -2.37. The summed E-state index contributed by atoms with van der Waals surface area (Å²) in [7, 11) is 0. The van der Waals surface area contributed by atoms with Crippen molar-refractivity contribution in [2.75, 3.05) is 0 Å². The molecular weight excluding hydrogens is 237 g/mol. The van der Waals surface area contributed by atoms with Crippen molar-refractivity contribution in [3.05, 3.63) is 46.9 Å². The minimum absolute atomic E-state index is 0.107. The van der Waals surface area contributed by atoms with E-state index >= 15 is 0 Å². The number of rotatable bonds is 2. The van der Waals surface area contributed by atoms with Crippen LogP contribution in [0.5, 0.6) is 0 Å². The monoisotopic (exact) mass is 249 g/mol. The molecule has 4 N–H and O–H groups in total. The number of halogens is 1. The molecule has 6 heteroatoms. The van der Waals surface area contributed by atoms with Crippen molar-refractivity contribution in [3.8, 4) is 0 Å². The Morgan fingerprint density at radius 2 is 2.06 bits per heavy atom. The SMILES string of the molecule is CC1=C(C(=O)O)C(c2ccc(F)cc2)N=C(N)N1. The van der Waals surface area contributed by atoms with Gasteiger partial charge >= 0.3 is 5.97 Å². The molecule has 0 amide bonds. The van der Waals surface area contributed by atoms with Crippen LogP contribution >= 0.6 is 0 Å². The maximum Gasteiger partial charge on any atom is 0.335 e. The Balaban J connectivity index is 2.48. The van der Waals surface area contributed by atoms with E-state index in [4.69, 9.17) is 5.73 Å². The molecule has 1 aliphatic heterocycles. The molecule has 0 bridgehead atoms. The summed E-state index contributed by atoms with van der Waals surface area (Å²) in [5.74, 6) is -1.32. The normalized spacial score (nSPS) is 19.2. The molecule has 0 spiro atoms. The third kappa shape index (κ3) is 2.17. The zero-order chi connectivity index (χ0) is 13.3. The number of hydrogen-bond donors (Lipinski definition) is 3. The quantitative estimate of drug-likeness (QED) is 0.733. The molecule has 1 heterocycles. The number of benzene rings is 1. The lowest BCUT2D eigenvalue weighted by Crippen LogP contribution is -2.36. The van der Waals surface area contributed by atoms with Gasteiger partial charge in [0.15, 0.2) is 5.96 Å². The van der Waals surface area contributed by atoms with Gasteiger partial charge in [-0.1, -0.05) is 12.1 Å². The van der Waals surface area contributed by atoms with Crippen LogP contribution in [0.2, 0.25) is 0 Å². The highest BCUT2D eigenvalue weighted by molar-refractivity contribution is 5.93. The fourth-order valence-electron chi connectivity index (χ4n) is 1.86. The number of aliphatic carboxylic acids is 1. The van der Waals surface area contributed by atoms with Gasteiger partial charge in [0, 0.05) is 5.70 Å². The largest absolute Gasteiger partial charge is 0.478 e. The zero-order valence-electron chi connectivity index (χ0n) is 9.64. The lowest BCUT2D eigenvalue weighted by molar-refractivity contribution is -0.133. The van der Waals surface area contributed by atoms with Crippen molar-refractivity contribution in [2.45, 2.75) is 13.0 Å². The van der Waals surface area contributed by atoms with Crippen LogP contribution in [0.4, 0.5) is 4.39 Å². The second kappa shape index (κ2) is 4.48. The van der Waals surface area contributed by atoms with Crippen LogP contribution in [0, 0.1) is 5.82 Å². The average molecular weight is 249 g/mol. The van der Waals surface area contributed by atoms with Crippen LogP contribution in [-0.2, 0) is 4.79 Å². The van der Waals surface area contributed by atoms with Crippen LogP contribution in [0.1, 0.15) is 18.5 Å². The Morgan fingerprint density at radius 3 is 2.61 bits per heavy atom. The van der Waals surface area contributed by atoms with Crippen molar-refractivity contribution in [2.24, 2.45) is 10.7 Å². The van der Waals surface area contributed by atoms with Gasteiger partial charge in [-0.3, -0.25) is 0 Å². The van der Waals surface area contributed by atoms with Gasteiger partial charge < -0.3 is 16.2 Å². The molecule has 1 aromatic carbocycles. The third-order valence-electron chi connectivity index (χ3n) is 2.68. The molecule has 0 saturated heterocycles. The van der Waals surface area contributed by atoms with Crippen LogP contribution in [-0.4, -0.2) is 17.0 Å². The first-order chi connectivity index (χ1) is 8.49. The van der Waals surface area contributed by atoms with Gasteiger partial charge in [0.1, 0.15) is 11.9 Å². The molecule has 0 aliphatic carbocycles. The van der Waals surface area contributed by atoms with E-state index in [-0.39, 0.29) is 17.3 Å². The van der Waals surface area contributed by atoms with E-state index in [1.807, 2.05) is 0 Å². The summed E-state index contributed by atoms with van der Waals surface area (Å²) in [6, 6.07) is 4.80. The first kappa shape index (κ1) is 12.1. The molecule has 1 aromatic rings. The number of hydrogen-bond acceptors (Lipinski definition) is 4. The molecule has 18 heavy (non-hydrogen) atoms. The van der Waals surface area contributed by atoms with Crippen molar-refractivity contribution in [1.82, 2.24) is 5.32 Å². The number of carboxylic acids is 1. The molecule has 0 radical (unpaired) electrons. The van der Waals surface area contributed by atoms with Crippen LogP contribution in [0.25, 0.3) is 0 Å². The summed E-state index contributed by atoms with van der Waals surface area (Å²) >= 11 is 0. The molecule has 5 nitrogen and oxygen atoms in total. The fraction of sp³-hybridized carbons (Fsp3) is 0.167. The van der Waals surface area contributed by atoms with Gasteiger partial charge in [0.25, 0.3) is 0 Å². The van der Waals surface area contributed by atoms with Gasteiger partial charge in [-0.25, -0.2) is 14.2 Å². The Kier molecular flexibility index (Phi) is 3.01. The summed E-state index contributed by atoms with van der Waals surface area (Å²) in [6.07, 6.45) is 0. The standard InChI is InChI=1S/C12H12FN3O2/c1-6-9(11(17)18)10(16-12(14)15-6)7-2-4-8(13)5-3-7/h2-5,10H,1H3,(H,17,18)(H3,14,15,16). The van der Waals surface area contributed by atoms with E-state index < -0.39 is 12.0 Å². The molecule has 1 unspecified atom stereocenters. The highest BCUT2D eigenvalue weighted by Gasteiger charge is 2.28. The number of nitrogens with two attached hydrogens (primary N) is 1. The highest BCUT2D eigenvalue weighted by atomic mass is 19.1. The minimum Gasteiger partial charge on any atom is -0.478 e. The zero-order valence-corrected chi connectivity index (χ0v) is 9.64. The first-order valence-electron chi connectivity index (χ1n) is 5.29. The van der Waals surface area contributed by atoms with Crippen molar-refractivity contribution < 1.29 is 14.3 Å². The van der Waals surface area contributed by atoms with E-state index in [0.717, 1.165) is 0 Å². The van der Waals surface area contributed by atoms with Crippen LogP contribution < -0.4 is 11.1 Å². The van der Waals surface area contributed by atoms with Crippen molar-refractivity contribution in [1.29, 1.82) is 0 Å². The number of guanidine groups is 1. The molecule has 0 fully saturated rings. The Morgan fingerprint density at radius 1 is 1.44 bits per heavy atom. The van der Waals surface area contributed by atoms with Gasteiger partial charge in [0.2, 0.25) is 0 Å². The smallest absolute Gasteiger partial charge is 0.335 e. The fourth-order valence-corrected chi connectivity index (χ4v) is 1.86. The number of nitrogens with one attached hydrogen (secondary N) is 1. The summed E-state index contributed by atoms with van der Waals surface area (Å²) in [4.78, 5) is 15.3. The lowest BCUT2D eigenvalue weighted by Gasteiger charge is -2.23. The predicted octanol–water partition coefficient (Wildman–Crippen LogP) is 1.14. The Labute approximate surface area is 103 Å². The van der Waals surface area contributed by atoms with Gasteiger partial charge in [-0.2, -0.15) is 0 Å². The first-order valence-corrected chi connectivity index (χ1v) is 5.29. The summed E-state index contributed by atoms with van der Waals surface area (Å²) < 4.78 is 12.9. The molecule has 94 valence electrons. The van der Waals surface area contributed by atoms with E-state index in [9.17, 15) is 14.3 Å². The van der Waals surface area contributed by atoms with E-state index in [1.54, 1.807) is 6.92 Å². The number of carboxylic acid groups (broad SMARTS) is 1. The van der Waals surface area contributed by atoms with Gasteiger partial charge in [-0.15, -0.1) is 0 Å². The third-order valence-corrected chi connectivity index (χ3v) is 2.68. The molecule has 1 aliphatic rings. The number of aliphatic imine (C=N–C) groups is 1. The maximum absolute atomic E-state index is 12.9. The number of carbonyl (C=O) groups is 1. The van der Waals surface area contributed by atoms with E-state index in [1.165, 1.54) is 24.3 Å². The van der Waals surface area contributed by atoms with Crippen LogP contribution in [0.15, 0.2) is 40.5 Å². The summed E-state index contributed by atoms with van der Waals surface area (Å²) in [5, 5.41) is 11.9. The predicted molar refractivity (Wildman–Crippen MR) is 64.2 cm³/mol. The number of allylic oxidation sites excluding steroid dienone is 1. The van der Waals surface area contributed by atoms with Crippen molar-refractivity contribution >= 4 is 11.9 Å². The minimum atomic E-state index is -1.08. The second-order valence-electron chi connectivity index (χ2n) is 3.94. The Bertz CT molecular complexity index is 549. The van der Waals surface area contributed by atoms with Crippen molar-refractivity contribution in [3.63, 3.8) is 0 Å². The average Bonchev–Trinajstić information content (AvgIpc) is 2.28. The van der Waals surface area contributed by atoms with E-state index in [0.29, 0.717) is 11.3 Å². The molecular formula is C12H12FN3O2. The molecule has 2 rings (SSSR count). The molecule has 1 atom stereocenters. The molecule has 0 saturated carbocycles. The lowest BCUT2D eigenvalue weighted by atomic mass is 9.96. The summed E-state index contributed by atoms with van der Waals surface area (Å²) in [6.45, 7) is 1.61.